The van der Waals surface area contributed by atoms with Crippen LogP contribution >= 0.6 is 0 Å². The molecule has 3 aromatic carbocycles. The van der Waals surface area contributed by atoms with Crippen LogP contribution in [0.15, 0.2) is 78.9 Å². The van der Waals surface area contributed by atoms with Gasteiger partial charge in [0.1, 0.15) is 5.82 Å². The molecule has 2 heteroatoms. The van der Waals surface area contributed by atoms with Crippen molar-refractivity contribution in [1.29, 1.82) is 0 Å². The van der Waals surface area contributed by atoms with Gasteiger partial charge >= 0.3 is 0 Å². The van der Waals surface area contributed by atoms with Gasteiger partial charge in [-0.3, -0.25) is 4.57 Å². The summed E-state index contributed by atoms with van der Waals surface area (Å²) in [6, 6.07) is 27.3. The average molecular weight is 284 g/mol. The van der Waals surface area contributed by atoms with Crippen LogP contribution in [0.25, 0.3) is 27.8 Å². The van der Waals surface area contributed by atoms with Gasteiger partial charge in [0, 0.05) is 5.69 Å². The van der Waals surface area contributed by atoms with E-state index in [1.165, 1.54) is 11.1 Å². The van der Waals surface area contributed by atoms with Crippen LogP contribution < -0.4 is 0 Å². The predicted octanol–water partition coefficient (Wildman–Crippen LogP) is 5.00. The number of fused-ring (bicyclic) bond motifs is 1. The second-order valence-corrected chi connectivity index (χ2v) is 5.40. The van der Waals surface area contributed by atoms with Crippen LogP contribution in [0, 0.1) is 6.92 Å². The monoisotopic (exact) mass is 284 g/mol. The summed E-state index contributed by atoms with van der Waals surface area (Å²) in [5.74, 6) is 1.01. The zero-order chi connectivity index (χ0) is 14.9. The van der Waals surface area contributed by atoms with Gasteiger partial charge < -0.3 is 0 Å². The zero-order valence-corrected chi connectivity index (χ0v) is 12.4. The number of para-hydroxylation sites is 2. The fraction of sp³-hybridized carbons (Fsp3) is 0.0500. The minimum absolute atomic E-state index is 1.01. The van der Waals surface area contributed by atoms with Crippen LogP contribution in [-0.4, -0.2) is 9.55 Å². The van der Waals surface area contributed by atoms with E-state index in [0.29, 0.717) is 0 Å². The maximum atomic E-state index is 4.63. The van der Waals surface area contributed by atoms with E-state index in [0.717, 1.165) is 22.5 Å². The summed E-state index contributed by atoms with van der Waals surface area (Å²) < 4.78 is 2.20. The van der Waals surface area contributed by atoms with Crippen molar-refractivity contribution in [3.05, 3.63) is 84.7 Å². The quantitative estimate of drug-likeness (QED) is 0.506. The van der Waals surface area contributed by atoms with E-state index < -0.39 is 0 Å². The van der Waals surface area contributed by atoms with E-state index in [4.69, 9.17) is 0 Å². The Kier molecular flexibility index (Phi) is 3.01. The fourth-order valence-electron chi connectivity index (χ4n) is 2.91. The average Bonchev–Trinajstić information content (AvgIpc) is 2.91. The van der Waals surface area contributed by atoms with Crippen molar-refractivity contribution in [1.82, 2.24) is 9.55 Å². The molecule has 2 nitrogen and oxygen atoms in total. The molecule has 0 spiro atoms. The van der Waals surface area contributed by atoms with E-state index in [2.05, 4.69) is 76.3 Å². The molecule has 0 aliphatic heterocycles. The normalized spacial score (nSPS) is 11.0. The van der Waals surface area contributed by atoms with Crippen LogP contribution in [0.3, 0.4) is 0 Å². The Morgan fingerprint density at radius 1 is 0.682 bits per heavy atom. The number of aryl methyl sites for hydroxylation is 1. The molecule has 0 saturated carbocycles. The van der Waals surface area contributed by atoms with Crippen LogP contribution in [0.4, 0.5) is 0 Å². The molecule has 1 heterocycles. The standard InChI is InChI=1S/C20H16N2/c1-15-21-19-9-5-6-10-20(19)22(15)18-13-11-17(12-14-18)16-7-3-2-4-8-16/h2-14H,1H3. The molecular weight excluding hydrogens is 268 g/mol. The largest absolute Gasteiger partial charge is 0.297 e. The third kappa shape index (κ3) is 2.09. The molecule has 1 aromatic heterocycles. The van der Waals surface area contributed by atoms with Crippen molar-refractivity contribution in [2.75, 3.05) is 0 Å². The molecule has 0 saturated heterocycles. The minimum atomic E-state index is 1.01. The molecular formula is C20H16N2. The van der Waals surface area contributed by atoms with Crippen molar-refractivity contribution < 1.29 is 0 Å². The Balaban J connectivity index is 1.81. The first kappa shape index (κ1) is 12.8. The van der Waals surface area contributed by atoms with Gasteiger partial charge in [-0.1, -0.05) is 54.6 Å². The minimum Gasteiger partial charge on any atom is -0.297 e. The second-order valence-electron chi connectivity index (χ2n) is 5.40. The lowest BCUT2D eigenvalue weighted by Crippen LogP contribution is -1.96. The van der Waals surface area contributed by atoms with Crippen LogP contribution in [0.1, 0.15) is 5.82 Å². The number of hydrogen-bond donors (Lipinski definition) is 0. The Hall–Kier alpha value is -2.87. The lowest BCUT2D eigenvalue weighted by molar-refractivity contribution is 1.00. The molecule has 0 atom stereocenters. The van der Waals surface area contributed by atoms with E-state index in [-0.39, 0.29) is 0 Å². The number of hydrogen-bond acceptors (Lipinski definition) is 1. The summed E-state index contributed by atoms with van der Waals surface area (Å²) >= 11 is 0. The maximum absolute atomic E-state index is 4.63. The first-order chi connectivity index (χ1) is 10.8. The molecule has 0 unspecified atom stereocenters. The second kappa shape index (κ2) is 5.15. The lowest BCUT2D eigenvalue weighted by Gasteiger charge is -2.08. The molecule has 0 N–H and O–H groups in total. The predicted molar refractivity (Wildman–Crippen MR) is 91.2 cm³/mol. The van der Waals surface area contributed by atoms with Crippen molar-refractivity contribution in [3.63, 3.8) is 0 Å². The fourth-order valence-corrected chi connectivity index (χ4v) is 2.91. The van der Waals surface area contributed by atoms with Crippen LogP contribution in [-0.2, 0) is 0 Å². The Morgan fingerprint density at radius 2 is 1.32 bits per heavy atom. The third-order valence-corrected chi connectivity index (χ3v) is 3.96. The van der Waals surface area contributed by atoms with Crippen molar-refractivity contribution >= 4 is 11.0 Å². The van der Waals surface area contributed by atoms with Gasteiger partial charge in [-0.15, -0.1) is 0 Å². The Labute approximate surface area is 129 Å². The van der Waals surface area contributed by atoms with Crippen LogP contribution in [0.2, 0.25) is 0 Å². The molecule has 0 radical (unpaired) electrons. The lowest BCUT2D eigenvalue weighted by atomic mass is 10.1. The maximum Gasteiger partial charge on any atom is 0.111 e. The number of rotatable bonds is 2. The summed E-state index contributed by atoms with van der Waals surface area (Å²) in [6.45, 7) is 2.05. The van der Waals surface area contributed by atoms with E-state index in [1.54, 1.807) is 0 Å². The van der Waals surface area contributed by atoms with Gasteiger partial charge in [0.15, 0.2) is 0 Å². The molecule has 0 aliphatic rings. The van der Waals surface area contributed by atoms with E-state index in [1.807, 2.05) is 19.1 Å². The SMILES string of the molecule is Cc1nc2ccccc2n1-c1ccc(-c2ccccc2)cc1. The van der Waals surface area contributed by atoms with E-state index >= 15 is 0 Å². The molecule has 4 aromatic rings. The number of benzene rings is 3. The highest BCUT2D eigenvalue weighted by atomic mass is 15.1. The summed E-state index contributed by atoms with van der Waals surface area (Å²) in [5, 5.41) is 0. The summed E-state index contributed by atoms with van der Waals surface area (Å²) in [6.07, 6.45) is 0. The molecule has 106 valence electrons. The third-order valence-electron chi connectivity index (χ3n) is 3.96. The van der Waals surface area contributed by atoms with Gasteiger partial charge in [0.25, 0.3) is 0 Å². The molecule has 0 aliphatic carbocycles. The zero-order valence-electron chi connectivity index (χ0n) is 12.4. The highest BCUT2D eigenvalue weighted by molar-refractivity contribution is 5.78. The van der Waals surface area contributed by atoms with Crippen molar-refractivity contribution in [2.24, 2.45) is 0 Å². The Morgan fingerprint density at radius 3 is 2.09 bits per heavy atom. The first-order valence-corrected chi connectivity index (χ1v) is 7.43. The van der Waals surface area contributed by atoms with Gasteiger partial charge in [0.05, 0.1) is 11.0 Å². The number of nitrogens with zero attached hydrogens (tertiary/aromatic N) is 2. The van der Waals surface area contributed by atoms with Gasteiger partial charge in [-0.2, -0.15) is 0 Å². The summed E-state index contributed by atoms with van der Waals surface area (Å²) in [4.78, 5) is 4.63. The highest BCUT2D eigenvalue weighted by Crippen LogP contribution is 2.24. The van der Waals surface area contributed by atoms with E-state index in [9.17, 15) is 0 Å². The number of aromatic nitrogens is 2. The smallest absolute Gasteiger partial charge is 0.111 e. The van der Waals surface area contributed by atoms with Gasteiger partial charge in [-0.25, -0.2) is 4.98 Å². The van der Waals surface area contributed by atoms with Crippen molar-refractivity contribution in [3.8, 4) is 16.8 Å². The van der Waals surface area contributed by atoms with Gasteiger partial charge in [0.2, 0.25) is 0 Å². The van der Waals surface area contributed by atoms with Crippen molar-refractivity contribution in [2.45, 2.75) is 6.92 Å². The topological polar surface area (TPSA) is 17.8 Å². The summed E-state index contributed by atoms with van der Waals surface area (Å²) in [7, 11) is 0. The van der Waals surface area contributed by atoms with Crippen LogP contribution in [0.5, 0.6) is 0 Å². The molecule has 22 heavy (non-hydrogen) atoms. The first-order valence-electron chi connectivity index (χ1n) is 7.43. The molecule has 4 rings (SSSR count). The molecule has 0 amide bonds. The number of imidazole rings is 1. The highest BCUT2D eigenvalue weighted by Gasteiger charge is 2.08. The molecule has 0 fully saturated rings. The molecule has 0 bridgehead atoms. The Bertz CT molecular complexity index is 919. The van der Waals surface area contributed by atoms with Gasteiger partial charge in [-0.05, 0) is 42.3 Å². The summed E-state index contributed by atoms with van der Waals surface area (Å²) in [5.41, 5.74) is 5.79.